The third kappa shape index (κ3) is 4.11. The lowest BCUT2D eigenvalue weighted by Crippen LogP contribution is -2.05. The Labute approximate surface area is 123 Å². The van der Waals surface area contributed by atoms with Crippen molar-refractivity contribution in [1.82, 2.24) is 0 Å². The molecule has 2 rings (SSSR count). The topological polar surface area (TPSA) is 61.5 Å². The molecule has 0 spiro atoms. The Hall–Kier alpha value is -2.75. The largest absolute Gasteiger partial charge is 0.493 e. The van der Waals surface area contributed by atoms with Crippen LogP contribution in [0.2, 0.25) is 0 Å². The molecule has 2 aromatic rings. The van der Waals surface area contributed by atoms with Gasteiger partial charge in [-0.15, -0.1) is 0 Å². The number of methoxy groups -OCH3 is 1. The van der Waals surface area contributed by atoms with E-state index in [0.29, 0.717) is 18.1 Å². The highest BCUT2D eigenvalue weighted by molar-refractivity contribution is 5.90. The van der Waals surface area contributed by atoms with Gasteiger partial charge in [0.25, 0.3) is 0 Å². The van der Waals surface area contributed by atoms with Gasteiger partial charge < -0.3 is 15.2 Å². The zero-order valence-electron chi connectivity index (χ0n) is 11.8. The second-order valence-corrected chi connectivity index (χ2v) is 4.39. The SMILES string of the molecule is COc1cccc(/C=C\C(N)=O)c1OCc1ccccc1. The number of para-hydroxylation sites is 1. The first kappa shape index (κ1) is 14.7. The van der Waals surface area contributed by atoms with Crippen molar-refractivity contribution in [2.45, 2.75) is 6.61 Å². The minimum Gasteiger partial charge on any atom is -0.493 e. The summed E-state index contributed by atoms with van der Waals surface area (Å²) in [7, 11) is 1.58. The van der Waals surface area contributed by atoms with E-state index in [0.717, 1.165) is 11.1 Å². The third-order valence-electron chi connectivity index (χ3n) is 2.88. The van der Waals surface area contributed by atoms with Crippen molar-refractivity contribution in [2.24, 2.45) is 5.73 Å². The predicted octanol–water partition coefficient (Wildman–Crippen LogP) is 2.77. The van der Waals surface area contributed by atoms with E-state index in [1.54, 1.807) is 13.2 Å². The van der Waals surface area contributed by atoms with Gasteiger partial charge in [0, 0.05) is 11.6 Å². The van der Waals surface area contributed by atoms with Crippen molar-refractivity contribution in [3.63, 3.8) is 0 Å². The smallest absolute Gasteiger partial charge is 0.241 e. The lowest BCUT2D eigenvalue weighted by Gasteiger charge is -2.13. The molecule has 0 aliphatic carbocycles. The summed E-state index contributed by atoms with van der Waals surface area (Å²) in [4.78, 5) is 10.9. The number of hydrogen-bond donors (Lipinski definition) is 1. The molecular weight excluding hydrogens is 266 g/mol. The van der Waals surface area contributed by atoms with Crippen LogP contribution >= 0.6 is 0 Å². The molecule has 0 unspecified atom stereocenters. The molecule has 0 fully saturated rings. The van der Waals surface area contributed by atoms with Crippen molar-refractivity contribution in [1.29, 1.82) is 0 Å². The Morgan fingerprint density at radius 1 is 1.14 bits per heavy atom. The molecule has 108 valence electrons. The highest BCUT2D eigenvalue weighted by Crippen LogP contribution is 2.32. The number of rotatable bonds is 6. The van der Waals surface area contributed by atoms with Gasteiger partial charge >= 0.3 is 0 Å². The molecule has 2 N–H and O–H groups in total. The summed E-state index contributed by atoms with van der Waals surface area (Å²) in [5, 5.41) is 0. The van der Waals surface area contributed by atoms with Crippen LogP contribution in [-0.2, 0) is 11.4 Å². The molecule has 0 aromatic heterocycles. The number of carbonyl (C=O) groups is 1. The van der Waals surface area contributed by atoms with Gasteiger partial charge in [0.1, 0.15) is 6.61 Å². The number of ether oxygens (including phenoxy) is 2. The summed E-state index contributed by atoms with van der Waals surface area (Å²) < 4.78 is 11.2. The lowest BCUT2D eigenvalue weighted by molar-refractivity contribution is -0.113. The van der Waals surface area contributed by atoms with E-state index in [9.17, 15) is 4.79 Å². The van der Waals surface area contributed by atoms with E-state index >= 15 is 0 Å². The molecule has 4 heteroatoms. The van der Waals surface area contributed by atoms with E-state index in [-0.39, 0.29) is 0 Å². The van der Waals surface area contributed by atoms with Gasteiger partial charge in [0.05, 0.1) is 7.11 Å². The van der Waals surface area contributed by atoms with Crippen LogP contribution in [0.25, 0.3) is 6.08 Å². The second kappa shape index (κ2) is 7.14. The Morgan fingerprint density at radius 3 is 2.57 bits per heavy atom. The van der Waals surface area contributed by atoms with E-state index in [1.807, 2.05) is 48.5 Å². The average Bonchev–Trinajstić information content (AvgIpc) is 2.52. The molecule has 2 aromatic carbocycles. The molecular formula is C17H17NO3. The van der Waals surface area contributed by atoms with Crippen molar-refractivity contribution < 1.29 is 14.3 Å². The first-order valence-electron chi connectivity index (χ1n) is 6.52. The molecule has 0 aliphatic heterocycles. The molecule has 1 amide bonds. The molecule has 0 saturated heterocycles. The van der Waals surface area contributed by atoms with Gasteiger partial charge in [-0.3, -0.25) is 4.79 Å². The van der Waals surface area contributed by atoms with Crippen molar-refractivity contribution in [2.75, 3.05) is 7.11 Å². The summed E-state index contributed by atoms with van der Waals surface area (Å²) >= 11 is 0. The number of primary amides is 1. The summed E-state index contributed by atoms with van der Waals surface area (Å²) in [6, 6.07) is 15.3. The normalized spacial score (nSPS) is 10.5. The number of benzene rings is 2. The predicted molar refractivity (Wildman–Crippen MR) is 82.0 cm³/mol. The van der Waals surface area contributed by atoms with E-state index in [2.05, 4.69) is 0 Å². The van der Waals surface area contributed by atoms with Crippen LogP contribution in [0.5, 0.6) is 11.5 Å². The van der Waals surface area contributed by atoms with Crippen molar-refractivity contribution in [3.8, 4) is 11.5 Å². The van der Waals surface area contributed by atoms with E-state index < -0.39 is 5.91 Å². The van der Waals surface area contributed by atoms with Crippen LogP contribution < -0.4 is 15.2 Å². The standard InChI is InChI=1S/C17H17NO3/c1-20-15-9-5-8-14(10-11-16(18)19)17(15)21-12-13-6-3-2-4-7-13/h2-11H,12H2,1H3,(H2,18,19)/b11-10-. The first-order valence-corrected chi connectivity index (χ1v) is 6.52. The van der Waals surface area contributed by atoms with E-state index in [4.69, 9.17) is 15.2 Å². The van der Waals surface area contributed by atoms with Crippen LogP contribution in [0.4, 0.5) is 0 Å². The maximum atomic E-state index is 10.9. The van der Waals surface area contributed by atoms with Gasteiger partial charge in [0.15, 0.2) is 11.5 Å². The fraction of sp³-hybridized carbons (Fsp3) is 0.118. The van der Waals surface area contributed by atoms with Crippen LogP contribution in [0.1, 0.15) is 11.1 Å². The highest BCUT2D eigenvalue weighted by atomic mass is 16.5. The van der Waals surface area contributed by atoms with Crippen LogP contribution in [-0.4, -0.2) is 13.0 Å². The number of carbonyl (C=O) groups excluding carboxylic acids is 1. The quantitative estimate of drug-likeness (QED) is 0.829. The summed E-state index contributed by atoms with van der Waals surface area (Å²) in [6.45, 7) is 0.415. The molecule has 0 saturated carbocycles. The van der Waals surface area contributed by atoms with Gasteiger partial charge in [0.2, 0.25) is 5.91 Å². The Bertz CT molecular complexity index is 636. The Morgan fingerprint density at radius 2 is 1.90 bits per heavy atom. The molecule has 4 nitrogen and oxygen atoms in total. The minimum absolute atomic E-state index is 0.415. The fourth-order valence-electron chi connectivity index (χ4n) is 1.88. The first-order chi connectivity index (χ1) is 10.2. The van der Waals surface area contributed by atoms with Crippen LogP contribution in [0, 0.1) is 0 Å². The van der Waals surface area contributed by atoms with Gasteiger partial charge in [-0.25, -0.2) is 0 Å². The summed E-state index contributed by atoms with van der Waals surface area (Å²) in [5.41, 5.74) is 6.92. The monoisotopic (exact) mass is 283 g/mol. The van der Waals surface area contributed by atoms with Crippen LogP contribution in [0.15, 0.2) is 54.6 Å². The second-order valence-electron chi connectivity index (χ2n) is 4.39. The zero-order valence-corrected chi connectivity index (χ0v) is 11.8. The number of amides is 1. The molecule has 21 heavy (non-hydrogen) atoms. The summed E-state index contributed by atoms with van der Waals surface area (Å²) in [5.74, 6) is 0.686. The fourth-order valence-corrected chi connectivity index (χ4v) is 1.88. The number of nitrogens with two attached hydrogens (primary N) is 1. The molecule has 0 aliphatic rings. The van der Waals surface area contributed by atoms with E-state index in [1.165, 1.54) is 6.08 Å². The minimum atomic E-state index is -0.508. The Balaban J connectivity index is 2.25. The zero-order chi connectivity index (χ0) is 15.1. The molecule has 0 radical (unpaired) electrons. The van der Waals surface area contributed by atoms with Gasteiger partial charge in [-0.1, -0.05) is 42.5 Å². The molecule has 0 heterocycles. The highest BCUT2D eigenvalue weighted by Gasteiger charge is 2.09. The third-order valence-corrected chi connectivity index (χ3v) is 2.88. The summed E-state index contributed by atoms with van der Waals surface area (Å²) in [6.07, 6.45) is 2.91. The Kier molecular flexibility index (Phi) is 4.99. The van der Waals surface area contributed by atoms with Crippen molar-refractivity contribution >= 4 is 12.0 Å². The number of hydrogen-bond acceptors (Lipinski definition) is 3. The lowest BCUT2D eigenvalue weighted by atomic mass is 10.1. The van der Waals surface area contributed by atoms with Crippen LogP contribution in [0.3, 0.4) is 0 Å². The van der Waals surface area contributed by atoms with Gasteiger partial charge in [-0.05, 0) is 17.7 Å². The van der Waals surface area contributed by atoms with Crippen molar-refractivity contribution in [3.05, 3.63) is 65.7 Å². The maximum absolute atomic E-state index is 10.9. The molecule has 0 atom stereocenters. The molecule has 0 bridgehead atoms. The average molecular weight is 283 g/mol. The maximum Gasteiger partial charge on any atom is 0.241 e. The van der Waals surface area contributed by atoms with Gasteiger partial charge in [-0.2, -0.15) is 0 Å².